The number of aryl methyl sites for hydroxylation is 2. The molecule has 1 heterocycles. The molecule has 0 aliphatic rings. The third kappa shape index (κ3) is 3.31. The second-order valence-corrected chi connectivity index (χ2v) is 4.64. The Morgan fingerprint density at radius 3 is 2.38 bits per heavy atom. The van der Waals surface area contributed by atoms with Gasteiger partial charge in [0.05, 0.1) is 14.2 Å². The fraction of sp³-hybridized carbons (Fsp3) is 0.250. The van der Waals surface area contributed by atoms with Crippen LogP contribution < -0.4 is 14.8 Å². The average molecular weight is 286 g/mol. The van der Waals surface area contributed by atoms with E-state index in [1.165, 1.54) is 0 Å². The topological polar surface area (TPSA) is 60.5 Å². The van der Waals surface area contributed by atoms with Crippen molar-refractivity contribution in [2.45, 2.75) is 13.8 Å². The number of nitrogens with one attached hydrogen (secondary N) is 1. The van der Waals surface area contributed by atoms with Crippen molar-refractivity contribution < 1.29 is 14.3 Å². The highest BCUT2D eigenvalue weighted by Crippen LogP contribution is 2.33. The number of aromatic nitrogens is 1. The fourth-order valence-corrected chi connectivity index (χ4v) is 1.97. The summed E-state index contributed by atoms with van der Waals surface area (Å²) in [4.78, 5) is 16.4. The molecule has 110 valence electrons. The molecule has 0 fully saturated rings. The molecule has 0 aliphatic carbocycles. The van der Waals surface area contributed by atoms with E-state index in [0.29, 0.717) is 22.9 Å². The maximum atomic E-state index is 12.2. The lowest BCUT2D eigenvalue weighted by Gasteiger charge is -2.13. The lowest BCUT2D eigenvalue weighted by molar-refractivity contribution is 0.102. The first-order valence-electron chi connectivity index (χ1n) is 6.52. The van der Waals surface area contributed by atoms with Crippen LogP contribution in [-0.2, 0) is 0 Å². The van der Waals surface area contributed by atoms with Crippen molar-refractivity contribution in [3.8, 4) is 11.5 Å². The van der Waals surface area contributed by atoms with Gasteiger partial charge in [-0.15, -0.1) is 0 Å². The Morgan fingerprint density at radius 1 is 1.10 bits per heavy atom. The number of nitrogens with zero attached hydrogens (tertiary/aromatic N) is 1. The van der Waals surface area contributed by atoms with E-state index in [1.54, 1.807) is 32.4 Å². The molecule has 5 nitrogen and oxygen atoms in total. The SMILES string of the molecule is COc1cc(C)c(NC(=O)c2cccc(C)n2)cc1OC. The van der Waals surface area contributed by atoms with Crippen LogP contribution in [0.2, 0.25) is 0 Å². The minimum atomic E-state index is -0.256. The summed E-state index contributed by atoms with van der Waals surface area (Å²) >= 11 is 0. The number of pyridine rings is 1. The van der Waals surface area contributed by atoms with E-state index in [1.807, 2.05) is 26.0 Å². The van der Waals surface area contributed by atoms with Gasteiger partial charge in [0.25, 0.3) is 5.91 Å². The maximum Gasteiger partial charge on any atom is 0.274 e. The van der Waals surface area contributed by atoms with Crippen molar-refractivity contribution in [1.82, 2.24) is 4.98 Å². The van der Waals surface area contributed by atoms with E-state index < -0.39 is 0 Å². The first kappa shape index (κ1) is 14.8. The molecule has 1 aromatic carbocycles. The number of benzene rings is 1. The van der Waals surface area contributed by atoms with Crippen LogP contribution in [0.1, 0.15) is 21.7 Å². The first-order valence-corrected chi connectivity index (χ1v) is 6.52. The normalized spacial score (nSPS) is 10.1. The number of anilines is 1. The number of hydrogen-bond acceptors (Lipinski definition) is 4. The highest BCUT2D eigenvalue weighted by molar-refractivity contribution is 6.03. The lowest BCUT2D eigenvalue weighted by Crippen LogP contribution is -2.15. The Morgan fingerprint density at radius 2 is 1.76 bits per heavy atom. The van der Waals surface area contributed by atoms with Crippen LogP contribution in [0.15, 0.2) is 30.3 Å². The predicted octanol–water partition coefficient (Wildman–Crippen LogP) is 2.97. The Labute approximate surface area is 123 Å². The minimum absolute atomic E-state index is 0.256. The van der Waals surface area contributed by atoms with Crippen molar-refractivity contribution in [3.63, 3.8) is 0 Å². The summed E-state index contributed by atoms with van der Waals surface area (Å²) in [5.41, 5.74) is 2.73. The summed E-state index contributed by atoms with van der Waals surface area (Å²) in [5.74, 6) is 0.936. The van der Waals surface area contributed by atoms with Crippen LogP contribution in [0.3, 0.4) is 0 Å². The van der Waals surface area contributed by atoms with Gasteiger partial charge in [-0.25, -0.2) is 4.98 Å². The molecule has 0 saturated heterocycles. The molecule has 1 aromatic heterocycles. The minimum Gasteiger partial charge on any atom is -0.493 e. The number of amides is 1. The molecule has 21 heavy (non-hydrogen) atoms. The van der Waals surface area contributed by atoms with Gasteiger partial charge in [-0.2, -0.15) is 0 Å². The van der Waals surface area contributed by atoms with Gasteiger partial charge in [0.1, 0.15) is 5.69 Å². The lowest BCUT2D eigenvalue weighted by atomic mass is 10.1. The van der Waals surface area contributed by atoms with Crippen molar-refractivity contribution in [2.75, 3.05) is 19.5 Å². The van der Waals surface area contributed by atoms with Crippen LogP contribution in [0, 0.1) is 13.8 Å². The molecule has 0 unspecified atom stereocenters. The van der Waals surface area contributed by atoms with Crippen LogP contribution in [0.4, 0.5) is 5.69 Å². The van der Waals surface area contributed by atoms with Crippen molar-refractivity contribution in [1.29, 1.82) is 0 Å². The van der Waals surface area contributed by atoms with Gasteiger partial charge in [-0.05, 0) is 37.6 Å². The summed E-state index contributed by atoms with van der Waals surface area (Å²) in [7, 11) is 3.13. The summed E-state index contributed by atoms with van der Waals surface area (Å²) in [6.45, 7) is 3.74. The quantitative estimate of drug-likeness (QED) is 0.938. The second kappa shape index (κ2) is 6.26. The molecule has 1 amide bonds. The molecule has 0 radical (unpaired) electrons. The molecule has 0 aliphatic heterocycles. The first-order chi connectivity index (χ1) is 10.0. The second-order valence-electron chi connectivity index (χ2n) is 4.64. The molecule has 5 heteroatoms. The van der Waals surface area contributed by atoms with Crippen molar-refractivity contribution in [3.05, 3.63) is 47.3 Å². The molecule has 1 N–H and O–H groups in total. The van der Waals surface area contributed by atoms with E-state index in [4.69, 9.17) is 9.47 Å². The molecule has 0 saturated carbocycles. The number of hydrogen-bond donors (Lipinski definition) is 1. The largest absolute Gasteiger partial charge is 0.493 e. The molecule has 0 bridgehead atoms. The van der Waals surface area contributed by atoms with Gasteiger partial charge in [0.2, 0.25) is 0 Å². The van der Waals surface area contributed by atoms with Gasteiger partial charge >= 0.3 is 0 Å². The number of carbonyl (C=O) groups is 1. The summed E-state index contributed by atoms with van der Waals surface area (Å²) in [6, 6.07) is 8.88. The summed E-state index contributed by atoms with van der Waals surface area (Å²) in [6.07, 6.45) is 0. The zero-order valence-corrected chi connectivity index (χ0v) is 12.6. The zero-order chi connectivity index (χ0) is 15.4. The van der Waals surface area contributed by atoms with Gasteiger partial charge in [0, 0.05) is 17.4 Å². The van der Waals surface area contributed by atoms with E-state index >= 15 is 0 Å². The van der Waals surface area contributed by atoms with Crippen LogP contribution in [-0.4, -0.2) is 25.1 Å². The number of ether oxygens (including phenoxy) is 2. The van der Waals surface area contributed by atoms with E-state index in [9.17, 15) is 4.79 Å². The summed E-state index contributed by atoms with van der Waals surface area (Å²) in [5, 5.41) is 2.84. The third-order valence-corrected chi connectivity index (χ3v) is 3.10. The summed E-state index contributed by atoms with van der Waals surface area (Å²) < 4.78 is 10.5. The smallest absolute Gasteiger partial charge is 0.274 e. The molecule has 2 aromatic rings. The Hall–Kier alpha value is -2.56. The Balaban J connectivity index is 2.29. The van der Waals surface area contributed by atoms with Gasteiger partial charge in [-0.1, -0.05) is 6.07 Å². The van der Waals surface area contributed by atoms with Crippen molar-refractivity contribution in [2.24, 2.45) is 0 Å². The monoisotopic (exact) mass is 286 g/mol. The van der Waals surface area contributed by atoms with Crippen molar-refractivity contribution >= 4 is 11.6 Å². The number of methoxy groups -OCH3 is 2. The van der Waals surface area contributed by atoms with Crippen LogP contribution in [0.25, 0.3) is 0 Å². The van der Waals surface area contributed by atoms with Gasteiger partial charge in [-0.3, -0.25) is 4.79 Å². The number of rotatable bonds is 4. The van der Waals surface area contributed by atoms with E-state index in [-0.39, 0.29) is 5.91 Å². The average Bonchev–Trinajstić information content (AvgIpc) is 2.48. The Kier molecular flexibility index (Phi) is 4.42. The van der Waals surface area contributed by atoms with Gasteiger partial charge in [0.15, 0.2) is 11.5 Å². The van der Waals surface area contributed by atoms with E-state index in [0.717, 1.165) is 11.3 Å². The number of carbonyl (C=O) groups excluding carboxylic acids is 1. The highest BCUT2D eigenvalue weighted by atomic mass is 16.5. The molecule has 0 spiro atoms. The molecular weight excluding hydrogens is 268 g/mol. The zero-order valence-electron chi connectivity index (χ0n) is 12.6. The fourth-order valence-electron chi connectivity index (χ4n) is 1.97. The van der Waals surface area contributed by atoms with Gasteiger partial charge < -0.3 is 14.8 Å². The predicted molar refractivity (Wildman–Crippen MR) is 81.2 cm³/mol. The molecule has 0 atom stereocenters. The van der Waals surface area contributed by atoms with Crippen LogP contribution >= 0.6 is 0 Å². The van der Waals surface area contributed by atoms with Crippen LogP contribution in [0.5, 0.6) is 11.5 Å². The highest BCUT2D eigenvalue weighted by Gasteiger charge is 2.13. The standard InChI is InChI=1S/C16H18N2O3/c1-10-8-14(20-3)15(21-4)9-13(10)18-16(19)12-7-5-6-11(2)17-12/h5-9H,1-4H3,(H,18,19). The molecular formula is C16H18N2O3. The third-order valence-electron chi connectivity index (χ3n) is 3.10. The van der Waals surface area contributed by atoms with E-state index in [2.05, 4.69) is 10.3 Å². The maximum absolute atomic E-state index is 12.2. The molecule has 2 rings (SSSR count). The Bertz CT molecular complexity index is 669.